The van der Waals surface area contributed by atoms with E-state index in [9.17, 15) is 0 Å². The van der Waals surface area contributed by atoms with Crippen molar-refractivity contribution < 1.29 is 14.7 Å². The van der Waals surface area contributed by atoms with Gasteiger partial charge < -0.3 is 0 Å². The van der Waals surface area contributed by atoms with E-state index in [1.165, 1.54) is 0 Å². The molecule has 4 heteroatoms. The van der Waals surface area contributed by atoms with Gasteiger partial charge >= 0.3 is 54.6 Å². The zero-order valence-corrected chi connectivity index (χ0v) is 7.18. The van der Waals surface area contributed by atoms with Crippen molar-refractivity contribution in [2.24, 2.45) is 0 Å². The molecule has 9 heavy (non-hydrogen) atoms. The van der Waals surface area contributed by atoms with Crippen LogP contribution in [0, 0.1) is 0 Å². The average Bonchev–Trinajstić information content (AvgIpc) is 1.20. The Morgan fingerprint density at radius 3 is 1.11 bits per heavy atom. The van der Waals surface area contributed by atoms with Gasteiger partial charge in [-0.25, -0.2) is 0 Å². The molecule has 0 aliphatic heterocycles. The van der Waals surface area contributed by atoms with Crippen LogP contribution in [0.1, 0.15) is 20.8 Å². The number of hydrogen-bond donors (Lipinski definition) is 3. The van der Waals surface area contributed by atoms with Crippen LogP contribution in [0.2, 0.25) is 0 Å². The van der Waals surface area contributed by atoms with E-state index < -0.39 is 12.4 Å². The Morgan fingerprint density at radius 2 is 1.11 bits per heavy atom. The van der Waals surface area contributed by atoms with Gasteiger partial charge in [0.05, 0.1) is 0 Å². The molecule has 0 aromatic carbocycles. The van der Waals surface area contributed by atoms with Crippen molar-refractivity contribution in [1.29, 1.82) is 0 Å². The summed E-state index contributed by atoms with van der Waals surface area (Å²) in [7, 11) is -4.31. The van der Waals surface area contributed by atoms with Gasteiger partial charge in [-0.05, 0) is 0 Å². The molecule has 0 fully saturated rings. The van der Waals surface area contributed by atoms with Gasteiger partial charge in [-0.1, -0.05) is 0 Å². The van der Waals surface area contributed by atoms with E-state index in [-0.39, 0.29) is 0 Å². The maximum atomic E-state index is 9.06. The van der Waals surface area contributed by atoms with Crippen LogP contribution in [0.3, 0.4) is 0 Å². The molecule has 0 amide bonds. The van der Waals surface area contributed by atoms with Gasteiger partial charge in [-0.15, -0.1) is 0 Å². The molecule has 0 radical (unpaired) electrons. The molecule has 0 rings (SSSR count). The summed E-state index contributed by atoms with van der Waals surface area (Å²) in [6.07, 6.45) is 0. The van der Waals surface area contributed by atoms with Crippen molar-refractivity contribution in [3.05, 3.63) is 0 Å². The Labute approximate surface area is 55.5 Å². The summed E-state index contributed by atoms with van der Waals surface area (Å²) in [5, 5.41) is -0.828. The zero-order chi connectivity index (χ0) is 7.95. The maximum absolute atomic E-state index is 9.06. The fraction of sp³-hybridized carbons (Fsp3) is 1.00. The van der Waals surface area contributed by atoms with Gasteiger partial charge in [0.2, 0.25) is 0 Å². The van der Waals surface area contributed by atoms with E-state index in [1.54, 1.807) is 20.8 Å². The molecule has 58 valence electrons. The van der Waals surface area contributed by atoms with Crippen LogP contribution >= 0.6 is 7.28 Å². The Kier molecular flexibility index (Phi) is 1.73. The summed E-state index contributed by atoms with van der Waals surface area (Å²) in [4.78, 5) is 27.2. The second kappa shape index (κ2) is 1.67. The van der Waals surface area contributed by atoms with Crippen LogP contribution in [0.5, 0.6) is 0 Å². The van der Waals surface area contributed by atoms with Crippen LogP contribution in [-0.4, -0.2) is 26.5 Å². The quantitative estimate of drug-likeness (QED) is 0.450. The molecule has 0 saturated carbocycles. The summed E-state index contributed by atoms with van der Waals surface area (Å²) in [5.41, 5.74) is 0. The Morgan fingerprint density at radius 1 is 1.00 bits per heavy atom. The minimum absolute atomic E-state index is 0.828. The molecule has 0 aliphatic carbocycles. The topological polar surface area (TPSA) is 60.7 Å². The third kappa shape index (κ3) is 2.18. The van der Waals surface area contributed by atoms with Crippen LogP contribution in [0.15, 0.2) is 0 Å². The first-order valence-electron chi connectivity index (χ1n) is 2.77. The molecule has 3 nitrogen and oxygen atoms in total. The van der Waals surface area contributed by atoms with Crippen LogP contribution < -0.4 is 0 Å². The van der Waals surface area contributed by atoms with Crippen molar-refractivity contribution in [2.45, 2.75) is 25.9 Å². The third-order valence-corrected chi connectivity index (χ3v) is 4.71. The van der Waals surface area contributed by atoms with Gasteiger partial charge in [-0.2, -0.15) is 0 Å². The van der Waals surface area contributed by atoms with E-state index in [0.717, 1.165) is 6.66 Å². The fourth-order valence-corrected chi connectivity index (χ4v) is 0. The van der Waals surface area contributed by atoms with Crippen molar-refractivity contribution in [1.82, 2.24) is 0 Å². The fourth-order valence-electron chi connectivity index (χ4n) is 0. The molecule has 0 atom stereocenters. The summed E-state index contributed by atoms with van der Waals surface area (Å²) in [6.45, 7) is 5.85. The average molecular weight is 154 g/mol. The van der Waals surface area contributed by atoms with Crippen molar-refractivity contribution in [3.8, 4) is 0 Å². The van der Waals surface area contributed by atoms with Crippen LogP contribution in [0.25, 0.3) is 0 Å². The molecule has 0 aromatic rings. The molecule has 0 spiro atoms. The molecular formula is C5H15O3P. The number of rotatable bonds is 0. The first-order chi connectivity index (χ1) is 3.51. The van der Waals surface area contributed by atoms with Crippen LogP contribution in [0.4, 0.5) is 0 Å². The predicted molar refractivity (Wildman–Crippen MR) is 39.3 cm³/mol. The molecule has 3 N–H and O–H groups in total. The second-order valence-corrected chi connectivity index (χ2v) is 7.69. The summed E-state index contributed by atoms with van der Waals surface area (Å²) in [6, 6.07) is 0. The molecule has 0 heterocycles. The van der Waals surface area contributed by atoms with E-state index in [4.69, 9.17) is 14.7 Å². The second-order valence-electron chi connectivity index (χ2n) is 3.56. The van der Waals surface area contributed by atoms with Gasteiger partial charge in [-0.3, -0.25) is 0 Å². The monoisotopic (exact) mass is 154 g/mol. The van der Waals surface area contributed by atoms with E-state index in [1.807, 2.05) is 0 Å². The normalized spacial score (nSPS) is 18.8. The molecule has 0 saturated heterocycles. The van der Waals surface area contributed by atoms with Crippen molar-refractivity contribution in [2.75, 3.05) is 6.66 Å². The van der Waals surface area contributed by atoms with Gasteiger partial charge in [0.1, 0.15) is 0 Å². The SMILES string of the molecule is CC(C)(C)P(C)(O)(O)O. The molecule has 0 aromatic heterocycles. The van der Waals surface area contributed by atoms with Gasteiger partial charge in [0.15, 0.2) is 0 Å². The molecule has 0 aliphatic rings. The first kappa shape index (κ1) is 9.31. The third-order valence-electron chi connectivity index (χ3n) is 1.57. The van der Waals surface area contributed by atoms with Crippen LogP contribution in [-0.2, 0) is 0 Å². The molecule has 0 unspecified atom stereocenters. The van der Waals surface area contributed by atoms with Gasteiger partial charge in [0, 0.05) is 0 Å². The van der Waals surface area contributed by atoms with E-state index in [0.29, 0.717) is 0 Å². The predicted octanol–water partition coefficient (Wildman–Crippen LogP) is 0.690. The van der Waals surface area contributed by atoms with Crippen molar-refractivity contribution in [3.63, 3.8) is 0 Å². The summed E-state index contributed by atoms with van der Waals surface area (Å²) in [5.74, 6) is 0. The zero-order valence-electron chi connectivity index (χ0n) is 6.29. The summed E-state index contributed by atoms with van der Waals surface area (Å²) >= 11 is 0. The summed E-state index contributed by atoms with van der Waals surface area (Å²) < 4.78 is 0. The Bertz CT molecular complexity index is 107. The first-order valence-corrected chi connectivity index (χ1v) is 5.31. The molecular weight excluding hydrogens is 139 g/mol. The number of hydrogen-bond acceptors (Lipinski definition) is 3. The van der Waals surface area contributed by atoms with Gasteiger partial charge in [0.25, 0.3) is 0 Å². The van der Waals surface area contributed by atoms with E-state index in [2.05, 4.69) is 0 Å². The Balaban J connectivity index is 4.56. The standard InChI is InChI=1S/C5H15O3P/c1-5(2,3)9(4,6,7)8/h6-8H,1-4H3. The van der Waals surface area contributed by atoms with Crippen molar-refractivity contribution >= 4 is 7.28 Å². The van der Waals surface area contributed by atoms with E-state index >= 15 is 0 Å². The Hall–Kier alpha value is 0.310. The minimum atomic E-state index is -4.31. The molecule has 0 bridgehead atoms.